The average molecular weight is 560 g/mol. The third kappa shape index (κ3) is 4.58. The van der Waals surface area contributed by atoms with Crippen molar-refractivity contribution in [3.05, 3.63) is 34.8 Å². The lowest BCUT2D eigenvalue weighted by Crippen LogP contribution is -2.52. The summed E-state index contributed by atoms with van der Waals surface area (Å²) in [4.78, 5) is 41.6. The highest BCUT2D eigenvalue weighted by atomic mass is 28.3. The molecule has 212 valence electrons. The van der Waals surface area contributed by atoms with E-state index in [1.165, 1.54) is 12.0 Å². The van der Waals surface area contributed by atoms with Crippen molar-refractivity contribution in [2.24, 2.45) is 0 Å². The molecule has 2 N–H and O–H groups in total. The summed E-state index contributed by atoms with van der Waals surface area (Å²) in [7, 11) is -0.507. The highest BCUT2D eigenvalue weighted by Gasteiger charge is 2.54. The number of fused-ring (bicyclic) bond motifs is 1. The fourth-order valence-corrected chi connectivity index (χ4v) is 8.14. The van der Waals surface area contributed by atoms with Crippen molar-refractivity contribution < 1.29 is 28.2 Å². The molecule has 12 heteroatoms. The van der Waals surface area contributed by atoms with Gasteiger partial charge in [-0.3, -0.25) is 4.79 Å². The van der Waals surface area contributed by atoms with Crippen LogP contribution < -0.4 is 15.4 Å². The summed E-state index contributed by atoms with van der Waals surface area (Å²) < 4.78 is 26.5. The molecule has 0 radical (unpaired) electrons. The predicted molar refractivity (Wildman–Crippen MR) is 148 cm³/mol. The molecule has 0 atom stereocenters. The first-order valence-electron chi connectivity index (χ1n) is 13.2. The summed E-state index contributed by atoms with van der Waals surface area (Å²) in [6.45, 7) is 13.6. The van der Waals surface area contributed by atoms with E-state index < -0.39 is 36.6 Å². The van der Waals surface area contributed by atoms with Gasteiger partial charge in [0, 0.05) is 10.6 Å². The average Bonchev–Trinajstić information content (AvgIpc) is 3.29. The maximum absolute atomic E-state index is 14.9. The molecule has 1 aromatic carbocycles. The Bertz CT molecular complexity index is 1330. The van der Waals surface area contributed by atoms with Crippen LogP contribution in [0.1, 0.15) is 56.9 Å². The molecule has 3 amide bonds. The van der Waals surface area contributed by atoms with Crippen LogP contribution in [0.25, 0.3) is 0 Å². The zero-order chi connectivity index (χ0) is 28.9. The first kappa shape index (κ1) is 28.6. The third-order valence-electron chi connectivity index (χ3n) is 8.30. The lowest BCUT2D eigenvalue weighted by molar-refractivity contribution is -0.121. The Hall–Kier alpha value is -3.41. The number of rotatable bonds is 6. The molecule has 2 aromatic rings. The van der Waals surface area contributed by atoms with Crippen LogP contribution in [-0.2, 0) is 21.6 Å². The number of methoxy groups -OCH3 is 1. The molecular weight excluding hydrogens is 521 g/mol. The molecule has 1 aliphatic heterocycles. The van der Waals surface area contributed by atoms with Gasteiger partial charge in [-0.2, -0.15) is 5.10 Å². The maximum atomic E-state index is 14.9. The molecule has 2 aliphatic rings. The third-order valence-corrected chi connectivity index (χ3v) is 11.9. The fraction of sp³-hybridized carbons (Fsp3) is 0.556. The monoisotopic (exact) mass is 559 g/mol. The molecule has 0 bridgehead atoms. The van der Waals surface area contributed by atoms with E-state index in [9.17, 15) is 18.8 Å². The van der Waals surface area contributed by atoms with Gasteiger partial charge in [0.1, 0.15) is 17.3 Å². The van der Waals surface area contributed by atoms with Crippen LogP contribution in [0.4, 0.5) is 25.5 Å². The van der Waals surface area contributed by atoms with E-state index in [0.717, 1.165) is 23.9 Å². The Balaban J connectivity index is 1.71. The summed E-state index contributed by atoms with van der Waals surface area (Å²) in [5.41, 5.74) is 0.302. The molecule has 4 rings (SSSR count). The SMILES string of the molecule is CCOC(=O)n1nc2c(c1NC(=O)C1([Si](C)(C)C)CCC1)CN(C(=O)Nc1c(OC)ccc(C)c1F)C2(C)C. The van der Waals surface area contributed by atoms with Crippen LogP contribution in [0.2, 0.25) is 24.7 Å². The number of ether oxygens (including phenoxy) is 2. The minimum Gasteiger partial charge on any atom is -0.494 e. The number of urea groups is 1. The Morgan fingerprint density at radius 3 is 2.36 bits per heavy atom. The number of carbonyl (C=O) groups is 3. The normalized spacial score (nSPS) is 17.2. The highest BCUT2D eigenvalue weighted by molar-refractivity contribution is 6.83. The van der Waals surface area contributed by atoms with E-state index in [1.807, 2.05) is 0 Å². The van der Waals surface area contributed by atoms with Crippen molar-refractivity contribution >= 4 is 37.6 Å². The number of aromatic nitrogens is 2. The summed E-state index contributed by atoms with van der Waals surface area (Å²) in [6, 6.07) is 2.59. The summed E-state index contributed by atoms with van der Waals surface area (Å²) >= 11 is 0. The number of halogens is 1. The van der Waals surface area contributed by atoms with E-state index in [2.05, 4.69) is 35.4 Å². The summed E-state index contributed by atoms with van der Waals surface area (Å²) in [6.07, 6.45) is 1.87. The molecule has 0 unspecified atom stereocenters. The van der Waals surface area contributed by atoms with Gasteiger partial charge in [0.2, 0.25) is 5.91 Å². The van der Waals surface area contributed by atoms with E-state index in [-0.39, 0.29) is 36.3 Å². The van der Waals surface area contributed by atoms with Gasteiger partial charge in [0.05, 0.1) is 39.6 Å². The summed E-state index contributed by atoms with van der Waals surface area (Å²) in [5, 5.41) is 9.75. The molecule has 0 spiro atoms. The van der Waals surface area contributed by atoms with Crippen LogP contribution in [0, 0.1) is 12.7 Å². The Kier molecular flexibility index (Phi) is 7.30. The molecule has 10 nitrogen and oxygen atoms in total. The molecular formula is C27H38FN5O5Si. The largest absolute Gasteiger partial charge is 0.494 e. The molecule has 39 heavy (non-hydrogen) atoms. The predicted octanol–water partition coefficient (Wildman–Crippen LogP) is 5.83. The van der Waals surface area contributed by atoms with Crippen LogP contribution in [0.5, 0.6) is 5.75 Å². The standard InChI is InChI=1S/C27H38FN5O5Si/c1-9-38-25(36)33-22(30-23(34)27(13-10-14-27)39(6,7)8)17-15-32(26(3,4)21(17)31-33)24(35)29-20-18(37-5)12-11-16(2)19(20)28/h11-12H,9-10,13-15H2,1-8H3,(H,29,35)(H,30,34). The molecule has 1 aliphatic carbocycles. The topological polar surface area (TPSA) is 115 Å². The summed E-state index contributed by atoms with van der Waals surface area (Å²) in [5.74, 6) is -0.317. The van der Waals surface area contributed by atoms with Gasteiger partial charge in [-0.15, -0.1) is 4.68 Å². The number of carbonyl (C=O) groups excluding carboxylic acids is 3. The minimum atomic E-state index is -1.91. The second-order valence-electron chi connectivity index (χ2n) is 11.8. The zero-order valence-corrected chi connectivity index (χ0v) is 25.0. The lowest BCUT2D eigenvalue weighted by Gasteiger charge is -2.48. The number of benzene rings is 1. The van der Waals surface area contributed by atoms with Crippen molar-refractivity contribution in [3.63, 3.8) is 0 Å². The van der Waals surface area contributed by atoms with Crippen LogP contribution >= 0.6 is 0 Å². The van der Waals surface area contributed by atoms with Crippen LogP contribution in [-0.4, -0.2) is 54.5 Å². The van der Waals surface area contributed by atoms with Gasteiger partial charge in [0.25, 0.3) is 0 Å². The molecule has 1 aromatic heterocycles. The van der Waals surface area contributed by atoms with Gasteiger partial charge in [-0.05, 0) is 52.2 Å². The number of amides is 3. The van der Waals surface area contributed by atoms with Crippen LogP contribution in [0.3, 0.4) is 0 Å². The number of nitrogens with zero attached hydrogens (tertiary/aromatic N) is 3. The molecule has 1 fully saturated rings. The number of nitrogens with one attached hydrogen (secondary N) is 2. The van der Waals surface area contributed by atoms with Gasteiger partial charge < -0.3 is 25.0 Å². The van der Waals surface area contributed by atoms with Gasteiger partial charge >= 0.3 is 12.1 Å². The fourth-order valence-electron chi connectivity index (χ4n) is 5.54. The van der Waals surface area contributed by atoms with E-state index in [0.29, 0.717) is 16.8 Å². The number of anilines is 2. The van der Waals surface area contributed by atoms with Crippen molar-refractivity contribution in [1.29, 1.82) is 0 Å². The van der Waals surface area contributed by atoms with Gasteiger partial charge in [-0.1, -0.05) is 32.1 Å². The number of aryl methyl sites for hydroxylation is 1. The first-order chi connectivity index (χ1) is 18.2. The van der Waals surface area contributed by atoms with E-state index >= 15 is 0 Å². The Morgan fingerprint density at radius 1 is 1.15 bits per heavy atom. The molecule has 1 saturated carbocycles. The smallest absolute Gasteiger partial charge is 0.436 e. The van der Waals surface area contributed by atoms with Crippen molar-refractivity contribution in [2.75, 3.05) is 24.4 Å². The second-order valence-corrected chi connectivity index (χ2v) is 17.2. The first-order valence-corrected chi connectivity index (χ1v) is 16.7. The lowest BCUT2D eigenvalue weighted by atomic mass is 9.83. The van der Waals surface area contributed by atoms with E-state index in [1.54, 1.807) is 39.8 Å². The van der Waals surface area contributed by atoms with Crippen molar-refractivity contribution in [2.45, 2.75) is 83.7 Å². The quantitative estimate of drug-likeness (QED) is 0.431. The zero-order valence-electron chi connectivity index (χ0n) is 24.0. The maximum Gasteiger partial charge on any atom is 0.436 e. The highest BCUT2D eigenvalue weighted by Crippen LogP contribution is 2.56. The number of hydrogen-bond donors (Lipinski definition) is 2. The second kappa shape index (κ2) is 9.96. The molecule has 0 saturated heterocycles. The van der Waals surface area contributed by atoms with Gasteiger partial charge in [-0.25, -0.2) is 14.0 Å². The minimum absolute atomic E-state index is 0.0406. The Labute approximate surface area is 229 Å². The van der Waals surface area contributed by atoms with Crippen LogP contribution in [0.15, 0.2) is 12.1 Å². The van der Waals surface area contributed by atoms with E-state index in [4.69, 9.17) is 9.47 Å². The Morgan fingerprint density at radius 2 is 1.82 bits per heavy atom. The molecule has 2 heterocycles. The van der Waals surface area contributed by atoms with Crippen molar-refractivity contribution in [3.8, 4) is 5.75 Å². The van der Waals surface area contributed by atoms with Gasteiger partial charge in [0.15, 0.2) is 5.82 Å². The van der Waals surface area contributed by atoms with Crippen molar-refractivity contribution in [1.82, 2.24) is 14.7 Å². The number of hydrogen-bond acceptors (Lipinski definition) is 6.